The van der Waals surface area contributed by atoms with Gasteiger partial charge in [-0.2, -0.15) is 4.98 Å². The van der Waals surface area contributed by atoms with E-state index >= 15 is 0 Å². The van der Waals surface area contributed by atoms with E-state index in [9.17, 15) is 4.79 Å². The summed E-state index contributed by atoms with van der Waals surface area (Å²) in [5.74, 6) is 1.59. The Labute approximate surface area is 162 Å². The van der Waals surface area contributed by atoms with Crippen molar-refractivity contribution in [2.75, 3.05) is 32.1 Å². The van der Waals surface area contributed by atoms with Crippen molar-refractivity contribution in [2.45, 2.75) is 18.8 Å². The Kier molecular flexibility index (Phi) is 4.94. The van der Waals surface area contributed by atoms with Crippen molar-refractivity contribution >= 4 is 23.2 Å². The van der Waals surface area contributed by atoms with Crippen molar-refractivity contribution in [1.29, 1.82) is 0 Å². The quantitative estimate of drug-likeness (QED) is 0.685. The number of hydrogen-bond donors (Lipinski definition) is 0. The van der Waals surface area contributed by atoms with E-state index in [0.717, 1.165) is 28.8 Å². The molecule has 1 saturated heterocycles. The van der Waals surface area contributed by atoms with Crippen molar-refractivity contribution in [3.8, 4) is 11.1 Å². The first-order chi connectivity index (χ1) is 13.1. The molecular formula is C20H22N4O2S. The number of piperidine rings is 1. The maximum Gasteiger partial charge on any atom is 0.265 e. The zero-order chi connectivity index (χ0) is 18.8. The van der Waals surface area contributed by atoms with Gasteiger partial charge in [0, 0.05) is 38.7 Å². The van der Waals surface area contributed by atoms with Crippen LogP contribution in [0, 0.1) is 0 Å². The third-order valence-corrected chi connectivity index (χ3v) is 5.81. The van der Waals surface area contributed by atoms with Gasteiger partial charge in [-0.25, -0.2) is 0 Å². The average molecular weight is 382 g/mol. The van der Waals surface area contributed by atoms with Gasteiger partial charge < -0.3 is 14.3 Å². The number of anilines is 1. The monoisotopic (exact) mass is 382 g/mol. The lowest BCUT2D eigenvalue weighted by Crippen LogP contribution is -2.37. The van der Waals surface area contributed by atoms with Gasteiger partial charge in [0.15, 0.2) is 0 Å². The molecule has 2 aromatic heterocycles. The van der Waals surface area contributed by atoms with E-state index in [-0.39, 0.29) is 11.8 Å². The molecule has 1 aliphatic heterocycles. The van der Waals surface area contributed by atoms with Crippen LogP contribution in [0.3, 0.4) is 0 Å². The topological polar surface area (TPSA) is 62.5 Å². The zero-order valence-corrected chi connectivity index (χ0v) is 16.3. The molecule has 7 heteroatoms. The highest BCUT2D eigenvalue weighted by atomic mass is 32.1. The van der Waals surface area contributed by atoms with Crippen LogP contribution in [-0.4, -0.2) is 48.1 Å². The number of nitrogens with zero attached hydrogens (tertiary/aromatic N) is 4. The summed E-state index contributed by atoms with van der Waals surface area (Å²) in [6.07, 6.45) is 1.68. The molecule has 1 fully saturated rings. The Morgan fingerprint density at radius 3 is 2.59 bits per heavy atom. The second-order valence-electron chi connectivity index (χ2n) is 6.92. The lowest BCUT2D eigenvalue weighted by molar-refractivity contribution is 0.0710. The van der Waals surface area contributed by atoms with Gasteiger partial charge in [-0.15, -0.1) is 11.3 Å². The van der Waals surface area contributed by atoms with Crippen LogP contribution in [0.2, 0.25) is 0 Å². The molecule has 4 rings (SSSR count). The number of benzene rings is 1. The SMILES string of the molecule is CN(C)c1noc(C2CCN(C(=O)c3sccc3-c3ccccc3)CC2)n1. The van der Waals surface area contributed by atoms with Crippen LogP contribution in [0.4, 0.5) is 5.95 Å². The number of hydrogen-bond acceptors (Lipinski definition) is 6. The summed E-state index contributed by atoms with van der Waals surface area (Å²) in [7, 11) is 3.78. The molecule has 0 saturated carbocycles. The molecule has 1 amide bonds. The molecule has 3 aromatic rings. The summed E-state index contributed by atoms with van der Waals surface area (Å²) in [5.41, 5.74) is 2.10. The Bertz CT molecular complexity index is 911. The Morgan fingerprint density at radius 1 is 1.19 bits per heavy atom. The number of rotatable bonds is 4. The summed E-state index contributed by atoms with van der Waals surface area (Å²) < 4.78 is 5.41. The number of aromatic nitrogens is 2. The lowest BCUT2D eigenvalue weighted by atomic mass is 9.96. The lowest BCUT2D eigenvalue weighted by Gasteiger charge is -2.30. The van der Waals surface area contributed by atoms with Gasteiger partial charge in [0.25, 0.3) is 11.9 Å². The van der Waals surface area contributed by atoms with Crippen LogP contribution in [0.25, 0.3) is 11.1 Å². The predicted molar refractivity (Wildman–Crippen MR) is 106 cm³/mol. The molecule has 6 nitrogen and oxygen atoms in total. The molecule has 0 bridgehead atoms. The maximum atomic E-state index is 13.1. The van der Waals surface area contributed by atoms with Gasteiger partial charge >= 0.3 is 0 Å². The Balaban J connectivity index is 1.44. The highest BCUT2D eigenvalue weighted by molar-refractivity contribution is 7.12. The van der Waals surface area contributed by atoms with Crippen molar-refractivity contribution in [2.24, 2.45) is 0 Å². The molecule has 0 atom stereocenters. The van der Waals surface area contributed by atoms with Crippen LogP contribution in [0.15, 0.2) is 46.3 Å². The van der Waals surface area contributed by atoms with Crippen molar-refractivity contribution in [1.82, 2.24) is 15.0 Å². The number of thiophene rings is 1. The molecule has 0 aliphatic carbocycles. The van der Waals surface area contributed by atoms with Crippen LogP contribution in [0.5, 0.6) is 0 Å². The molecule has 1 aromatic carbocycles. The largest absolute Gasteiger partial charge is 0.344 e. The minimum Gasteiger partial charge on any atom is -0.344 e. The van der Waals surface area contributed by atoms with Gasteiger partial charge in [-0.05, 0) is 35.0 Å². The number of carbonyl (C=O) groups is 1. The van der Waals surface area contributed by atoms with E-state index in [0.29, 0.717) is 24.9 Å². The normalized spacial score (nSPS) is 15.1. The summed E-state index contributed by atoms with van der Waals surface area (Å²) >= 11 is 1.51. The number of likely N-dealkylation sites (tertiary alicyclic amines) is 1. The molecule has 0 N–H and O–H groups in total. The molecule has 3 heterocycles. The molecule has 0 spiro atoms. The summed E-state index contributed by atoms with van der Waals surface area (Å²) in [4.78, 5) is 22.1. The maximum absolute atomic E-state index is 13.1. The first-order valence-electron chi connectivity index (χ1n) is 9.06. The van der Waals surface area contributed by atoms with Crippen LogP contribution < -0.4 is 4.90 Å². The van der Waals surface area contributed by atoms with Gasteiger partial charge in [0.05, 0.1) is 4.88 Å². The molecule has 1 aliphatic rings. The molecule has 0 radical (unpaired) electrons. The number of amides is 1. The molecule has 27 heavy (non-hydrogen) atoms. The molecule has 0 unspecified atom stereocenters. The molecule has 140 valence electrons. The number of carbonyl (C=O) groups excluding carboxylic acids is 1. The van der Waals surface area contributed by atoms with E-state index < -0.39 is 0 Å². The van der Waals surface area contributed by atoms with Gasteiger partial charge in [0.1, 0.15) is 0 Å². The second kappa shape index (κ2) is 7.52. The minimum absolute atomic E-state index is 0.113. The minimum atomic E-state index is 0.113. The Morgan fingerprint density at radius 2 is 1.93 bits per heavy atom. The fourth-order valence-corrected chi connectivity index (χ4v) is 4.25. The van der Waals surface area contributed by atoms with Crippen LogP contribution in [-0.2, 0) is 0 Å². The van der Waals surface area contributed by atoms with Gasteiger partial charge in [-0.3, -0.25) is 4.79 Å². The standard InChI is InChI=1S/C20H22N4O2S/c1-23(2)20-21-18(26-22-20)15-8-11-24(12-9-15)19(25)17-16(10-13-27-17)14-6-4-3-5-7-14/h3-7,10,13,15H,8-9,11-12H2,1-2H3. The van der Waals surface area contributed by atoms with E-state index in [4.69, 9.17) is 4.52 Å². The van der Waals surface area contributed by atoms with E-state index in [2.05, 4.69) is 10.1 Å². The third kappa shape index (κ3) is 3.60. The second-order valence-corrected chi connectivity index (χ2v) is 7.84. The van der Waals surface area contributed by atoms with E-state index in [1.54, 1.807) is 0 Å². The summed E-state index contributed by atoms with van der Waals surface area (Å²) in [5, 5.41) is 5.98. The fraction of sp³-hybridized carbons (Fsp3) is 0.350. The molecular weight excluding hydrogens is 360 g/mol. The van der Waals surface area contributed by atoms with E-state index in [1.165, 1.54) is 11.3 Å². The fourth-order valence-electron chi connectivity index (χ4n) is 3.37. The average Bonchev–Trinajstić information content (AvgIpc) is 3.38. The van der Waals surface area contributed by atoms with Gasteiger partial charge in [0.2, 0.25) is 5.89 Å². The highest BCUT2D eigenvalue weighted by Crippen LogP contribution is 2.32. The van der Waals surface area contributed by atoms with Crippen molar-refractivity contribution < 1.29 is 9.32 Å². The first-order valence-corrected chi connectivity index (χ1v) is 9.94. The van der Waals surface area contributed by atoms with Crippen LogP contribution >= 0.6 is 11.3 Å². The van der Waals surface area contributed by atoms with Crippen molar-refractivity contribution in [3.63, 3.8) is 0 Å². The summed E-state index contributed by atoms with van der Waals surface area (Å²) in [6, 6.07) is 12.1. The van der Waals surface area contributed by atoms with E-state index in [1.807, 2.05) is 65.7 Å². The highest BCUT2D eigenvalue weighted by Gasteiger charge is 2.29. The van der Waals surface area contributed by atoms with Crippen molar-refractivity contribution in [3.05, 3.63) is 52.5 Å². The first kappa shape index (κ1) is 17.7. The Hall–Kier alpha value is -2.67. The zero-order valence-electron chi connectivity index (χ0n) is 15.5. The predicted octanol–water partition coefficient (Wildman–Crippen LogP) is 3.88. The third-order valence-electron chi connectivity index (χ3n) is 4.91. The summed E-state index contributed by atoms with van der Waals surface area (Å²) in [6.45, 7) is 1.41. The van der Waals surface area contributed by atoms with Crippen LogP contribution in [0.1, 0.15) is 34.3 Å². The smallest absolute Gasteiger partial charge is 0.265 e. The van der Waals surface area contributed by atoms with Gasteiger partial charge in [-0.1, -0.05) is 30.3 Å².